The minimum Gasteiger partial charge on any atom is -0.296 e. The Kier molecular flexibility index (Phi) is 3.22. The third-order valence-electron chi connectivity index (χ3n) is 4.52. The van der Waals surface area contributed by atoms with Gasteiger partial charge in [0.1, 0.15) is 0 Å². The van der Waals surface area contributed by atoms with Crippen LogP contribution in [0.4, 0.5) is 0 Å². The van der Waals surface area contributed by atoms with Crippen LogP contribution in [-0.2, 0) is 4.79 Å². The van der Waals surface area contributed by atoms with Crippen LogP contribution in [0, 0.1) is 0 Å². The maximum Gasteiger partial charge on any atom is 0.175 e. The summed E-state index contributed by atoms with van der Waals surface area (Å²) in [7, 11) is 0. The summed E-state index contributed by atoms with van der Waals surface area (Å²) in [5.41, 5.74) is 4.95. The summed E-state index contributed by atoms with van der Waals surface area (Å²) in [5.74, 6) is 0.194. The van der Waals surface area contributed by atoms with Gasteiger partial charge < -0.3 is 0 Å². The number of Topliss-reactive ketones (excluding diaryl/α,β-unsaturated/α-hetero) is 1. The van der Waals surface area contributed by atoms with Crippen LogP contribution < -0.4 is 0 Å². The fourth-order valence-corrected chi connectivity index (χ4v) is 6.66. The van der Waals surface area contributed by atoms with E-state index in [0.717, 1.165) is 0 Å². The van der Waals surface area contributed by atoms with Crippen molar-refractivity contribution in [3.63, 3.8) is 0 Å². The number of hydrogen-bond acceptors (Lipinski definition) is 1. The SMILES string of the molecule is O=C1[C@@H](Br)C2c3ccccc3C(c3ccccc32)C1(Br)Br. The van der Waals surface area contributed by atoms with Crippen molar-refractivity contribution < 1.29 is 4.79 Å². The Morgan fingerprint density at radius 3 is 1.71 bits per heavy atom. The topological polar surface area (TPSA) is 17.1 Å². The van der Waals surface area contributed by atoms with Crippen molar-refractivity contribution in [2.75, 3.05) is 0 Å². The van der Waals surface area contributed by atoms with Gasteiger partial charge in [-0.1, -0.05) is 96.3 Å². The maximum atomic E-state index is 12.9. The second kappa shape index (κ2) is 4.77. The molecule has 0 N–H and O–H groups in total. The van der Waals surface area contributed by atoms with Gasteiger partial charge in [-0.05, 0) is 22.3 Å². The minimum atomic E-state index is -0.772. The van der Waals surface area contributed by atoms with E-state index in [2.05, 4.69) is 84.2 Å². The largest absolute Gasteiger partial charge is 0.296 e. The van der Waals surface area contributed by atoms with Crippen molar-refractivity contribution >= 4 is 53.6 Å². The average Bonchev–Trinajstić information content (AvgIpc) is 2.60. The Morgan fingerprint density at radius 2 is 1.24 bits per heavy atom. The van der Waals surface area contributed by atoms with Gasteiger partial charge in [0, 0.05) is 11.8 Å². The third-order valence-corrected chi connectivity index (χ3v) is 7.16. The molecule has 2 aromatic rings. The van der Waals surface area contributed by atoms with Crippen molar-refractivity contribution in [2.24, 2.45) is 0 Å². The van der Waals surface area contributed by atoms with Gasteiger partial charge in [-0.3, -0.25) is 4.79 Å². The van der Waals surface area contributed by atoms with Crippen molar-refractivity contribution in [1.29, 1.82) is 0 Å². The summed E-state index contributed by atoms with van der Waals surface area (Å²) >= 11 is 11.0. The predicted molar refractivity (Wildman–Crippen MR) is 94.9 cm³/mol. The molecule has 4 heteroatoms. The highest BCUT2D eigenvalue weighted by Crippen LogP contribution is 2.59. The molecule has 0 radical (unpaired) electrons. The van der Waals surface area contributed by atoms with Crippen molar-refractivity contribution in [1.82, 2.24) is 0 Å². The molecule has 5 rings (SSSR count). The summed E-state index contributed by atoms with van der Waals surface area (Å²) in [6.45, 7) is 0. The highest BCUT2D eigenvalue weighted by molar-refractivity contribution is 9.26. The quantitative estimate of drug-likeness (QED) is 0.490. The van der Waals surface area contributed by atoms with Crippen LogP contribution in [0.3, 0.4) is 0 Å². The zero-order valence-electron chi connectivity index (χ0n) is 10.9. The van der Waals surface area contributed by atoms with Gasteiger partial charge in [-0.25, -0.2) is 0 Å². The lowest BCUT2D eigenvalue weighted by Crippen LogP contribution is -2.35. The van der Waals surface area contributed by atoms with Gasteiger partial charge in [-0.2, -0.15) is 0 Å². The van der Waals surface area contributed by atoms with Crippen LogP contribution >= 0.6 is 47.8 Å². The molecule has 0 aromatic heterocycles. The first kappa shape index (κ1) is 14.2. The summed E-state index contributed by atoms with van der Waals surface area (Å²) in [5, 5.41) is 0. The van der Waals surface area contributed by atoms with Crippen LogP contribution in [0.1, 0.15) is 34.1 Å². The fourth-order valence-electron chi connectivity index (χ4n) is 3.63. The number of ketones is 1. The summed E-state index contributed by atoms with van der Waals surface area (Å²) in [6, 6.07) is 16.8. The number of rotatable bonds is 0. The van der Waals surface area contributed by atoms with Gasteiger partial charge in [-0.15, -0.1) is 0 Å². The average molecular weight is 471 g/mol. The predicted octanol–water partition coefficient (Wildman–Crippen LogP) is 5.10. The second-order valence-corrected chi connectivity index (χ2v) is 10.1. The molecular formula is C17H11Br3O. The number of carbonyl (C=O) groups excluding carboxylic acids is 1. The van der Waals surface area contributed by atoms with Gasteiger partial charge >= 0.3 is 0 Å². The third kappa shape index (κ3) is 1.82. The van der Waals surface area contributed by atoms with E-state index in [1.165, 1.54) is 22.3 Å². The standard InChI is InChI=1S/C17H11Br3O/c18-15-13-9-5-1-3-7-11(9)14(17(19,20)16(15)21)12-8-4-2-6-10(12)13/h1-8,13-15H/t13?,14?,15-/m0/s1. The van der Waals surface area contributed by atoms with Crippen molar-refractivity contribution in [3.8, 4) is 0 Å². The summed E-state index contributed by atoms with van der Waals surface area (Å²) in [6.07, 6.45) is 0. The lowest BCUT2D eigenvalue weighted by molar-refractivity contribution is -0.118. The zero-order chi connectivity index (χ0) is 14.8. The highest BCUT2D eigenvalue weighted by Gasteiger charge is 2.55. The first-order valence-corrected chi connectivity index (χ1v) is 9.27. The molecule has 1 nitrogen and oxygen atoms in total. The molecule has 2 aromatic carbocycles. The maximum absolute atomic E-state index is 12.9. The molecule has 3 aliphatic carbocycles. The first-order valence-electron chi connectivity index (χ1n) is 6.77. The van der Waals surface area contributed by atoms with Gasteiger partial charge in [0.25, 0.3) is 0 Å². The molecular weight excluding hydrogens is 460 g/mol. The molecule has 3 aliphatic rings. The van der Waals surface area contributed by atoms with Gasteiger partial charge in [0.2, 0.25) is 0 Å². The minimum absolute atomic E-state index is 0.0174. The Bertz CT molecular complexity index is 706. The number of benzene rings is 2. The molecule has 1 atom stereocenters. The van der Waals surface area contributed by atoms with E-state index >= 15 is 0 Å². The Morgan fingerprint density at radius 1 is 0.810 bits per heavy atom. The van der Waals surface area contributed by atoms with Crippen LogP contribution in [0.2, 0.25) is 0 Å². The lowest BCUT2D eigenvalue weighted by atomic mass is 9.74. The molecule has 0 heterocycles. The van der Waals surface area contributed by atoms with E-state index in [-0.39, 0.29) is 22.4 Å². The van der Waals surface area contributed by atoms with E-state index < -0.39 is 3.23 Å². The van der Waals surface area contributed by atoms with Gasteiger partial charge in [0.15, 0.2) is 9.02 Å². The smallest absolute Gasteiger partial charge is 0.175 e. The number of carbonyl (C=O) groups is 1. The van der Waals surface area contributed by atoms with E-state index in [1.807, 2.05) is 12.1 Å². The van der Waals surface area contributed by atoms with Gasteiger partial charge in [0.05, 0.1) is 4.83 Å². The zero-order valence-corrected chi connectivity index (χ0v) is 15.7. The molecule has 2 bridgehead atoms. The first-order chi connectivity index (χ1) is 10.0. The normalized spacial score (nSPS) is 28.7. The molecule has 0 saturated heterocycles. The van der Waals surface area contributed by atoms with E-state index in [4.69, 9.17) is 0 Å². The van der Waals surface area contributed by atoms with E-state index in [0.29, 0.717) is 0 Å². The molecule has 106 valence electrons. The van der Waals surface area contributed by atoms with Crippen LogP contribution in [-0.4, -0.2) is 13.8 Å². The van der Waals surface area contributed by atoms with Crippen molar-refractivity contribution in [2.45, 2.75) is 19.9 Å². The molecule has 0 fully saturated rings. The Balaban J connectivity index is 2.14. The fraction of sp³-hybridized carbons (Fsp3) is 0.235. The Labute approximate surface area is 148 Å². The molecule has 0 aliphatic heterocycles. The number of alkyl halides is 3. The van der Waals surface area contributed by atoms with Crippen LogP contribution in [0.25, 0.3) is 0 Å². The number of hydrogen-bond donors (Lipinski definition) is 0. The lowest BCUT2D eigenvalue weighted by Gasteiger charge is -2.34. The molecule has 0 spiro atoms. The molecule has 0 amide bonds. The van der Waals surface area contributed by atoms with Crippen molar-refractivity contribution in [3.05, 3.63) is 70.8 Å². The monoisotopic (exact) mass is 468 g/mol. The van der Waals surface area contributed by atoms with E-state index in [9.17, 15) is 4.79 Å². The van der Waals surface area contributed by atoms with E-state index in [1.54, 1.807) is 0 Å². The molecule has 0 saturated carbocycles. The summed E-state index contributed by atoms with van der Waals surface area (Å²) in [4.78, 5) is 12.7. The number of fused-ring (bicyclic) bond motifs is 2. The van der Waals surface area contributed by atoms with Crippen LogP contribution in [0.15, 0.2) is 48.5 Å². The molecule has 21 heavy (non-hydrogen) atoms. The Hall–Kier alpha value is -0.450. The summed E-state index contributed by atoms with van der Waals surface area (Å²) < 4.78 is -0.772. The van der Waals surface area contributed by atoms with Crippen LogP contribution in [0.5, 0.6) is 0 Å². The second-order valence-electron chi connectivity index (χ2n) is 5.56. The molecule has 0 unspecified atom stereocenters. The highest BCUT2D eigenvalue weighted by atomic mass is 79.9. The number of halogens is 3.